The van der Waals surface area contributed by atoms with Gasteiger partial charge in [0, 0.05) is 17.1 Å². The van der Waals surface area contributed by atoms with Gasteiger partial charge in [0.1, 0.15) is 5.75 Å². The standard InChI is InChI=1S/C16H11IN2O2/c17-12-7-6-11(9-14(12)20)16(21)19-13-5-1-3-10-4-2-8-18-15(10)13/h1-9,20H,(H,19,21). The summed E-state index contributed by atoms with van der Waals surface area (Å²) in [6.07, 6.45) is 1.69. The maximum absolute atomic E-state index is 12.3. The number of nitrogens with zero attached hydrogens (tertiary/aromatic N) is 1. The quantitative estimate of drug-likeness (QED) is 0.655. The fourth-order valence-corrected chi connectivity index (χ4v) is 2.39. The van der Waals surface area contributed by atoms with Crippen LogP contribution < -0.4 is 5.32 Å². The van der Waals surface area contributed by atoms with Crippen molar-refractivity contribution < 1.29 is 9.90 Å². The number of amides is 1. The number of carbonyl (C=O) groups is 1. The van der Waals surface area contributed by atoms with Gasteiger partial charge in [0.05, 0.1) is 14.8 Å². The summed E-state index contributed by atoms with van der Waals surface area (Å²) in [5.41, 5.74) is 1.79. The summed E-state index contributed by atoms with van der Waals surface area (Å²) in [7, 11) is 0. The predicted molar refractivity (Wildman–Crippen MR) is 90.5 cm³/mol. The Hall–Kier alpha value is -2.15. The van der Waals surface area contributed by atoms with E-state index in [1.54, 1.807) is 24.4 Å². The average Bonchev–Trinajstić information content (AvgIpc) is 2.50. The highest BCUT2D eigenvalue weighted by Crippen LogP contribution is 2.23. The topological polar surface area (TPSA) is 62.2 Å². The maximum Gasteiger partial charge on any atom is 0.255 e. The van der Waals surface area contributed by atoms with Crippen LogP contribution in [0.5, 0.6) is 5.75 Å². The third-order valence-corrected chi connectivity index (χ3v) is 4.00. The van der Waals surface area contributed by atoms with Crippen molar-refractivity contribution in [3.05, 3.63) is 63.9 Å². The molecule has 3 aromatic rings. The molecule has 104 valence electrons. The minimum Gasteiger partial charge on any atom is -0.507 e. The molecule has 0 aliphatic carbocycles. The number of carbonyl (C=O) groups excluding carboxylic acids is 1. The van der Waals surface area contributed by atoms with Crippen molar-refractivity contribution in [2.24, 2.45) is 0 Å². The molecule has 5 heteroatoms. The molecule has 2 N–H and O–H groups in total. The predicted octanol–water partition coefficient (Wildman–Crippen LogP) is 3.80. The van der Waals surface area contributed by atoms with Crippen LogP contribution in [0.3, 0.4) is 0 Å². The van der Waals surface area contributed by atoms with Crippen LogP contribution in [0.15, 0.2) is 54.7 Å². The summed E-state index contributed by atoms with van der Waals surface area (Å²) in [5, 5.41) is 13.5. The average molecular weight is 390 g/mol. The minimum absolute atomic E-state index is 0.0966. The highest BCUT2D eigenvalue weighted by atomic mass is 127. The molecule has 0 spiro atoms. The second kappa shape index (κ2) is 5.69. The lowest BCUT2D eigenvalue weighted by molar-refractivity contribution is 0.102. The van der Waals surface area contributed by atoms with Crippen molar-refractivity contribution in [3.63, 3.8) is 0 Å². The zero-order valence-electron chi connectivity index (χ0n) is 10.9. The first-order valence-electron chi connectivity index (χ1n) is 6.29. The van der Waals surface area contributed by atoms with Gasteiger partial charge in [-0.3, -0.25) is 9.78 Å². The Morgan fingerprint density at radius 1 is 1.14 bits per heavy atom. The summed E-state index contributed by atoms with van der Waals surface area (Å²) >= 11 is 2.01. The molecule has 0 unspecified atom stereocenters. The van der Waals surface area contributed by atoms with Gasteiger partial charge in [-0.25, -0.2) is 0 Å². The van der Waals surface area contributed by atoms with E-state index in [2.05, 4.69) is 10.3 Å². The lowest BCUT2D eigenvalue weighted by atomic mass is 10.1. The van der Waals surface area contributed by atoms with Gasteiger partial charge in [0.25, 0.3) is 5.91 Å². The van der Waals surface area contributed by atoms with Crippen molar-refractivity contribution in [3.8, 4) is 5.75 Å². The number of anilines is 1. The molecule has 4 nitrogen and oxygen atoms in total. The fourth-order valence-electron chi connectivity index (χ4n) is 2.05. The zero-order chi connectivity index (χ0) is 14.8. The number of aromatic nitrogens is 1. The molecule has 1 heterocycles. The van der Waals surface area contributed by atoms with Crippen LogP contribution in [-0.4, -0.2) is 16.0 Å². The zero-order valence-corrected chi connectivity index (χ0v) is 13.0. The first-order valence-corrected chi connectivity index (χ1v) is 7.36. The van der Waals surface area contributed by atoms with Crippen LogP contribution >= 0.6 is 22.6 Å². The van der Waals surface area contributed by atoms with Crippen molar-refractivity contribution in [1.29, 1.82) is 0 Å². The molecule has 0 atom stereocenters. The number of pyridine rings is 1. The van der Waals surface area contributed by atoms with Gasteiger partial charge in [0.15, 0.2) is 0 Å². The smallest absolute Gasteiger partial charge is 0.255 e. The molecule has 0 fully saturated rings. The van der Waals surface area contributed by atoms with Crippen LogP contribution in [0.25, 0.3) is 10.9 Å². The van der Waals surface area contributed by atoms with Crippen molar-refractivity contribution in [1.82, 2.24) is 4.98 Å². The third-order valence-electron chi connectivity index (χ3n) is 3.09. The Morgan fingerprint density at radius 3 is 2.76 bits per heavy atom. The van der Waals surface area contributed by atoms with E-state index in [1.165, 1.54) is 6.07 Å². The van der Waals surface area contributed by atoms with Gasteiger partial charge < -0.3 is 10.4 Å². The molecule has 3 rings (SSSR count). The number of fused-ring (bicyclic) bond motifs is 1. The highest BCUT2D eigenvalue weighted by molar-refractivity contribution is 14.1. The van der Waals surface area contributed by atoms with E-state index in [4.69, 9.17) is 0 Å². The number of aromatic hydroxyl groups is 1. The second-order valence-electron chi connectivity index (χ2n) is 4.50. The van der Waals surface area contributed by atoms with Gasteiger partial charge in [-0.05, 0) is 52.9 Å². The van der Waals surface area contributed by atoms with Crippen LogP contribution in [0, 0.1) is 3.57 Å². The van der Waals surface area contributed by atoms with Crippen LogP contribution in [0.1, 0.15) is 10.4 Å². The maximum atomic E-state index is 12.3. The van der Waals surface area contributed by atoms with E-state index in [0.717, 1.165) is 10.9 Å². The number of hydrogen-bond acceptors (Lipinski definition) is 3. The van der Waals surface area contributed by atoms with Crippen LogP contribution in [-0.2, 0) is 0 Å². The summed E-state index contributed by atoms with van der Waals surface area (Å²) < 4.78 is 0.705. The van der Waals surface area contributed by atoms with Crippen molar-refractivity contribution in [2.45, 2.75) is 0 Å². The van der Waals surface area contributed by atoms with Gasteiger partial charge in [-0.15, -0.1) is 0 Å². The molecule has 1 aromatic heterocycles. The van der Waals surface area contributed by atoms with E-state index in [1.807, 2.05) is 46.9 Å². The molecule has 0 aliphatic heterocycles. The number of rotatable bonds is 2. The molecular formula is C16H11IN2O2. The largest absolute Gasteiger partial charge is 0.507 e. The van der Waals surface area contributed by atoms with Crippen molar-refractivity contribution in [2.75, 3.05) is 5.32 Å². The summed E-state index contributed by atoms with van der Waals surface area (Å²) in [4.78, 5) is 16.6. The fraction of sp³-hybridized carbons (Fsp3) is 0. The van der Waals surface area contributed by atoms with E-state index in [9.17, 15) is 9.90 Å². The summed E-state index contributed by atoms with van der Waals surface area (Å²) in [6, 6.07) is 14.2. The molecule has 21 heavy (non-hydrogen) atoms. The van der Waals surface area contributed by atoms with Crippen molar-refractivity contribution >= 4 is 45.1 Å². The van der Waals surface area contributed by atoms with Gasteiger partial charge in [0.2, 0.25) is 0 Å². The molecule has 0 saturated heterocycles. The number of benzene rings is 2. The van der Waals surface area contributed by atoms with Gasteiger partial charge in [-0.2, -0.15) is 0 Å². The summed E-state index contributed by atoms with van der Waals surface area (Å²) in [6.45, 7) is 0. The number of halogens is 1. The van der Waals surface area contributed by atoms with E-state index in [-0.39, 0.29) is 11.7 Å². The Bertz CT molecular complexity index is 828. The Labute approximate surface area is 135 Å². The van der Waals surface area contributed by atoms with E-state index < -0.39 is 0 Å². The third kappa shape index (κ3) is 2.82. The number of phenols is 1. The SMILES string of the molecule is O=C(Nc1cccc2cccnc12)c1ccc(I)c(O)c1. The van der Waals surface area contributed by atoms with Gasteiger partial charge in [-0.1, -0.05) is 18.2 Å². The summed E-state index contributed by atoms with van der Waals surface area (Å²) in [5.74, 6) is -0.181. The molecule has 0 bridgehead atoms. The lowest BCUT2D eigenvalue weighted by Gasteiger charge is -2.08. The minimum atomic E-state index is -0.278. The monoisotopic (exact) mass is 390 g/mol. The normalized spacial score (nSPS) is 10.5. The Morgan fingerprint density at radius 2 is 1.95 bits per heavy atom. The van der Waals surface area contributed by atoms with Crippen LogP contribution in [0.2, 0.25) is 0 Å². The molecule has 0 saturated carbocycles. The first kappa shape index (κ1) is 13.8. The first-order chi connectivity index (χ1) is 10.1. The lowest BCUT2D eigenvalue weighted by Crippen LogP contribution is -2.12. The van der Waals surface area contributed by atoms with Crippen LogP contribution in [0.4, 0.5) is 5.69 Å². The second-order valence-corrected chi connectivity index (χ2v) is 5.66. The van der Waals surface area contributed by atoms with E-state index in [0.29, 0.717) is 14.8 Å². The molecule has 1 amide bonds. The Kier molecular flexibility index (Phi) is 3.74. The van der Waals surface area contributed by atoms with Gasteiger partial charge >= 0.3 is 0 Å². The molecular weight excluding hydrogens is 379 g/mol. The number of hydrogen-bond donors (Lipinski definition) is 2. The number of para-hydroxylation sites is 1. The number of nitrogens with one attached hydrogen (secondary N) is 1. The van der Waals surface area contributed by atoms with E-state index >= 15 is 0 Å². The molecule has 0 aliphatic rings. The Balaban J connectivity index is 1.94. The number of phenolic OH excluding ortho intramolecular Hbond substituents is 1. The molecule has 2 aromatic carbocycles. The highest BCUT2D eigenvalue weighted by Gasteiger charge is 2.10. The molecule has 0 radical (unpaired) electrons.